The molecule has 1 aromatic rings. The average Bonchev–Trinajstić information content (AvgIpc) is 2.20. The molecular formula is C12H16O2. The van der Waals surface area contributed by atoms with Crippen LogP contribution in [0.5, 0.6) is 5.75 Å². The summed E-state index contributed by atoms with van der Waals surface area (Å²) in [6.45, 7) is 5.87. The third kappa shape index (κ3) is 1.95. The van der Waals surface area contributed by atoms with Crippen molar-refractivity contribution in [2.75, 3.05) is 7.11 Å². The van der Waals surface area contributed by atoms with E-state index in [1.807, 2.05) is 32.9 Å². The van der Waals surface area contributed by atoms with Crippen molar-refractivity contribution in [2.24, 2.45) is 0 Å². The van der Waals surface area contributed by atoms with Crippen LogP contribution in [0.15, 0.2) is 12.1 Å². The smallest absolute Gasteiger partial charge is 0.166 e. The Morgan fingerprint density at radius 3 is 2.36 bits per heavy atom. The van der Waals surface area contributed by atoms with Gasteiger partial charge in [0.1, 0.15) is 5.75 Å². The van der Waals surface area contributed by atoms with Crippen molar-refractivity contribution < 1.29 is 9.53 Å². The summed E-state index contributed by atoms with van der Waals surface area (Å²) in [7, 11) is 1.59. The van der Waals surface area contributed by atoms with Gasteiger partial charge in [-0.2, -0.15) is 0 Å². The van der Waals surface area contributed by atoms with E-state index in [-0.39, 0.29) is 5.78 Å². The minimum absolute atomic E-state index is 0.130. The lowest BCUT2D eigenvalue weighted by Gasteiger charge is -2.09. The molecule has 0 heterocycles. The molecule has 0 aromatic heterocycles. The van der Waals surface area contributed by atoms with E-state index in [0.717, 1.165) is 11.1 Å². The highest BCUT2D eigenvalue weighted by molar-refractivity contribution is 5.98. The van der Waals surface area contributed by atoms with Crippen LogP contribution in [0.3, 0.4) is 0 Å². The first-order chi connectivity index (χ1) is 6.60. The zero-order valence-electron chi connectivity index (χ0n) is 9.18. The molecule has 0 unspecified atom stereocenters. The molecule has 14 heavy (non-hydrogen) atoms. The molecule has 0 amide bonds. The highest BCUT2D eigenvalue weighted by atomic mass is 16.5. The molecule has 0 aliphatic carbocycles. The first-order valence-corrected chi connectivity index (χ1v) is 4.78. The Morgan fingerprint density at radius 2 is 1.86 bits per heavy atom. The number of aryl methyl sites for hydroxylation is 2. The number of ketones is 1. The number of carbonyl (C=O) groups is 1. The van der Waals surface area contributed by atoms with Crippen molar-refractivity contribution in [3.05, 3.63) is 28.8 Å². The zero-order chi connectivity index (χ0) is 10.7. The molecule has 0 atom stereocenters. The lowest BCUT2D eigenvalue weighted by Crippen LogP contribution is -2.02. The van der Waals surface area contributed by atoms with E-state index in [4.69, 9.17) is 4.74 Å². The number of carbonyl (C=O) groups excluding carboxylic acids is 1. The van der Waals surface area contributed by atoms with Crippen LogP contribution in [0.1, 0.15) is 34.8 Å². The van der Waals surface area contributed by atoms with Gasteiger partial charge in [0.05, 0.1) is 12.7 Å². The van der Waals surface area contributed by atoms with E-state index in [2.05, 4.69) is 0 Å². The third-order valence-electron chi connectivity index (χ3n) is 2.44. The summed E-state index contributed by atoms with van der Waals surface area (Å²) in [5.41, 5.74) is 2.97. The van der Waals surface area contributed by atoms with E-state index in [1.165, 1.54) is 0 Å². The van der Waals surface area contributed by atoms with Crippen molar-refractivity contribution in [3.8, 4) is 5.75 Å². The first kappa shape index (κ1) is 10.8. The fourth-order valence-corrected chi connectivity index (χ4v) is 1.37. The summed E-state index contributed by atoms with van der Waals surface area (Å²) in [5.74, 6) is 0.810. The van der Waals surface area contributed by atoms with Crippen LogP contribution in [0, 0.1) is 13.8 Å². The lowest BCUT2D eigenvalue weighted by atomic mass is 10.0. The maximum absolute atomic E-state index is 11.6. The summed E-state index contributed by atoms with van der Waals surface area (Å²) < 4.78 is 5.18. The van der Waals surface area contributed by atoms with Gasteiger partial charge in [0.15, 0.2) is 5.78 Å². The Labute approximate surface area is 84.9 Å². The predicted octanol–water partition coefficient (Wildman–Crippen LogP) is 2.90. The number of Topliss-reactive ketones (excluding diaryl/α,β-unsaturated/α-hetero) is 1. The quantitative estimate of drug-likeness (QED) is 0.688. The number of ether oxygens (including phenoxy) is 1. The molecule has 2 heteroatoms. The number of methoxy groups -OCH3 is 1. The Balaban J connectivity index is 3.27. The third-order valence-corrected chi connectivity index (χ3v) is 2.44. The van der Waals surface area contributed by atoms with Crippen LogP contribution in [-0.4, -0.2) is 12.9 Å². The molecule has 0 aliphatic heterocycles. The Morgan fingerprint density at radius 1 is 1.29 bits per heavy atom. The molecule has 0 aliphatic rings. The minimum atomic E-state index is 0.130. The van der Waals surface area contributed by atoms with Crippen LogP contribution in [0.25, 0.3) is 0 Å². The predicted molar refractivity (Wildman–Crippen MR) is 57.1 cm³/mol. The van der Waals surface area contributed by atoms with Crippen molar-refractivity contribution >= 4 is 5.78 Å². The molecule has 0 spiro atoms. The van der Waals surface area contributed by atoms with Gasteiger partial charge >= 0.3 is 0 Å². The van der Waals surface area contributed by atoms with Gasteiger partial charge in [-0.1, -0.05) is 6.92 Å². The summed E-state index contributed by atoms with van der Waals surface area (Å²) in [6.07, 6.45) is 0.513. The molecule has 0 fully saturated rings. The average molecular weight is 192 g/mol. The van der Waals surface area contributed by atoms with E-state index in [0.29, 0.717) is 17.7 Å². The molecule has 76 valence electrons. The highest BCUT2D eigenvalue weighted by Gasteiger charge is 2.11. The zero-order valence-corrected chi connectivity index (χ0v) is 9.18. The molecule has 2 nitrogen and oxygen atoms in total. The van der Waals surface area contributed by atoms with E-state index in [1.54, 1.807) is 7.11 Å². The Hall–Kier alpha value is -1.31. The molecule has 0 saturated carbocycles. The van der Waals surface area contributed by atoms with Crippen molar-refractivity contribution in [2.45, 2.75) is 27.2 Å². The highest BCUT2D eigenvalue weighted by Crippen LogP contribution is 2.24. The van der Waals surface area contributed by atoms with Crippen LogP contribution < -0.4 is 4.74 Å². The van der Waals surface area contributed by atoms with Crippen molar-refractivity contribution in [3.63, 3.8) is 0 Å². The minimum Gasteiger partial charge on any atom is -0.496 e. The molecule has 0 saturated heterocycles. The molecular weight excluding hydrogens is 176 g/mol. The Kier molecular flexibility index (Phi) is 3.28. The van der Waals surface area contributed by atoms with Gasteiger partial charge in [-0.25, -0.2) is 0 Å². The first-order valence-electron chi connectivity index (χ1n) is 4.78. The second kappa shape index (κ2) is 4.27. The maximum atomic E-state index is 11.6. The van der Waals surface area contributed by atoms with E-state index in [9.17, 15) is 4.79 Å². The fourth-order valence-electron chi connectivity index (χ4n) is 1.37. The molecule has 1 rings (SSSR count). The monoisotopic (exact) mass is 192 g/mol. The topological polar surface area (TPSA) is 26.3 Å². The number of rotatable bonds is 3. The standard InChI is InChI=1S/C12H16O2/c1-5-11(13)10-6-8(2)9(3)7-12(10)14-4/h6-7H,5H2,1-4H3. The van der Waals surface area contributed by atoms with Gasteiger partial charge in [0, 0.05) is 6.42 Å². The van der Waals surface area contributed by atoms with Crippen LogP contribution in [0.2, 0.25) is 0 Å². The Bertz CT molecular complexity index is 354. The van der Waals surface area contributed by atoms with Gasteiger partial charge in [-0.05, 0) is 37.1 Å². The summed E-state index contributed by atoms with van der Waals surface area (Å²) in [4.78, 5) is 11.6. The summed E-state index contributed by atoms with van der Waals surface area (Å²) in [6, 6.07) is 3.82. The maximum Gasteiger partial charge on any atom is 0.166 e. The second-order valence-corrected chi connectivity index (χ2v) is 3.41. The summed E-state index contributed by atoms with van der Waals surface area (Å²) >= 11 is 0. The number of benzene rings is 1. The number of hydrogen-bond acceptors (Lipinski definition) is 2. The van der Waals surface area contributed by atoms with Gasteiger partial charge in [0.2, 0.25) is 0 Å². The van der Waals surface area contributed by atoms with Crippen LogP contribution in [0.4, 0.5) is 0 Å². The second-order valence-electron chi connectivity index (χ2n) is 3.41. The molecule has 0 N–H and O–H groups in total. The van der Waals surface area contributed by atoms with E-state index < -0.39 is 0 Å². The normalized spacial score (nSPS) is 10.0. The summed E-state index contributed by atoms with van der Waals surface area (Å²) in [5, 5.41) is 0. The van der Waals surface area contributed by atoms with Gasteiger partial charge < -0.3 is 4.74 Å². The lowest BCUT2D eigenvalue weighted by molar-refractivity contribution is 0.0985. The van der Waals surface area contributed by atoms with Crippen molar-refractivity contribution in [1.29, 1.82) is 0 Å². The van der Waals surface area contributed by atoms with Crippen molar-refractivity contribution in [1.82, 2.24) is 0 Å². The van der Waals surface area contributed by atoms with E-state index >= 15 is 0 Å². The molecule has 0 radical (unpaired) electrons. The molecule has 1 aromatic carbocycles. The van der Waals surface area contributed by atoms with Gasteiger partial charge in [0.25, 0.3) is 0 Å². The van der Waals surface area contributed by atoms with Crippen LogP contribution in [-0.2, 0) is 0 Å². The largest absolute Gasteiger partial charge is 0.496 e. The SMILES string of the molecule is CCC(=O)c1cc(C)c(C)cc1OC. The fraction of sp³-hybridized carbons (Fsp3) is 0.417. The van der Waals surface area contributed by atoms with Gasteiger partial charge in [-0.15, -0.1) is 0 Å². The van der Waals surface area contributed by atoms with Crippen LogP contribution >= 0.6 is 0 Å². The molecule has 0 bridgehead atoms. The number of hydrogen-bond donors (Lipinski definition) is 0. The van der Waals surface area contributed by atoms with Gasteiger partial charge in [-0.3, -0.25) is 4.79 Å².